The first-order chi connectivity index (χ1) is 6.75. The van der Waals surface area contributed by atoms with E-state index in [1.54, 1.807) is 0 Å². The molecule has 0 aliphatic heterocycles. The van der Waals surface area contributed by atoms with Crippen LogP contribution >= 0.6 is 0 Å². The van der Waals surface area contributed by atoms with Gasteiger partial charge in [-0.3, -0.25) is 4.79 Å². The Labute approximate surface area is 91.4 Å². The van der Waals surface area contributed by atoms with Crippen LogP contribution in [0.25, 0.3) is 0 Å². The van der Waals surface area contributed by atoms with E-state index in [4.69, 9.17) is 10.5 Å². The molecule has 3 heteroatoms. The molecule has 0 spiro atoms. The molecule has 2 saturated carbocycles. The van der Waals surface area contributed by atoms with E-state index < -0.39 is 0 Å². The molecule has 2 rings (SSSR count). The van der Waals surface area contributed by atoms with Gasteiger partial charge < -0.3 is 10.5 Å². The molecular formula is C12H21NO2. The van der Waals surface area contributed by atoms with Gasteiger partial charge in [-0.1, -0.05) is 0 Å². The van der Waals surface area contributed by atoms with Gasteiger partial charge in [0.15, 0.2) is 0 Å². The quantitative estimate of drug-likeness (QED) is 0.675. The predicted octanol–water partition coefficient (Wildman–Crippen LogP) is 1.99. The number of esters is 1. The van der Waals surface area contributed by atoms with E-state index in [1.807, 2.05) is 20.8 Å². The second-order valence-corrected chi connectivity index (χ2v) is 6.32. The van der Waals surface area contributed by atoms with Crippen molar-refractivity contribution in [3.63, 3.8) is 0 Å². The molecule has 2 N–H and O–H groups in total. The molecule has 15 heavy (non-hydrogen) atoms. The number of hydrogen-bond donors (Lipinski definition) is 1. The van der Waals surface area contributed by atoms with Crippen LogP contribution in [0.4, 0.5) is 0 Å². The fourth-order valence-corrected chi connectivity index (χ4v) is 2.92. The van der Waals surface area contributed by atoms with Crippen LogP contribution in [0.3, 0.4) is 0 Å². The highest BCUT2D eigenvalue weighted by Crippen LogP contribution is 2.56. The Morgan fingerprint density at radius 1 is 1.20 bits per heavy atom. The summed E-state index contributed by atoms with van der Waals surface area (Å²) >= 11 is 0. The normalized spacial score (nSPS) is 39.5. The van der Waals surface area contributed by atoms with Crippen molar-refractivity contribution in [1.29, 1.82) is 0 Å². The van der Waals surface area contributed by atoms with Crippen LogP contribution in [0.2, 0.25) is 0 Å². The first kappa shape index (κ1) is 10.9. The monoisotopic (exact) mass is 211 g/mol. The van der Waals surface area contributed by atoms with Gasteiger partial charge in [0.25, 0.3) is 0 Å². The summed E-state index contributed by atoms with van der Waals surface area (Å²) in [6, 6.07) is 0. The molecule has 86 valence electrons. The third-order valence-corrected chi connectivity index (χ3v) is 3.73. The number of ether oxygens (including phenoxy) is 1. The van der Waals surface area contributed by atoms with Gasteiger partial charge in [0.2, 0.25) is 0 Å². The van der Waals surface area contributed by atoms with Crippen molar-refractivity contribution < 1.29 is 9.53 Å². The smallest absolute Gasteiger partial charge is 0.312 e. The highest BCUT2D eigenvalue weighted by molar-refractivity contribution is 5.78. The van der Waals surface area contributed by atoms with Gasteiger partial charge in [-0.15, -0.1) is 0 Å². The maximum Gasteiger partial charge on any atom is 0.312 e. The number of nitrogens with two attached hydrogens (primary N) is 1. The van der Waals surface area contributed by atoms with Crippen LogP contribution < -0.4 is 5.73 Å². The summed E-state index contributed by atoms with van der Waals surface area (Å²) in [7, 11) is 0. The molecule has 0 unspecified atom stereocenters. The lowest BCUT2D eigenvalue weighted by molar-refractivity contribution is -0.167. The average Bonchev–Trinajstić information content (AvgIpc) is 2.55. The lowest BCUT2D eigenvalue weighted by Gasteiger charge is -2.29. The largest absolute Gasteiger partial charge is 0.460 e. The summed E-state index contributed by atoms with van der Waals surface area (Å²) in [6.07, 6.45) is 4.62. The van der Waals surface area contributed by atoms with Gasteiger partial charge in [-0.2, -0.15) is 0 Å². The molecule has 0 aromatic heterocycles. The third-order valence-electron chi connectivity index (χ3n) is 3.73. The Balaban J connectivity index is 2.09. The van der Waals surface area contributed by atoms with Gasteiger partial charge in [0.1, 0.15) is 5.60 Å². The number of hydrogen-bond acceptors (Lipinski definition) is 3. The van der Waals surface area contributed by atoms with Crippen molar-refractivity contribution in [2.75, 3.05) is 0 Å². The minimum absolute atomic E-state index is 0.0279. The van der Waals surface area contributed by atoms with E-state index in [1.165, 1.54) is 0 Å². The van der Waals surface area contributed by atoms with Crippen molar-refractivity contribution >= 4 is 5.97 Å². The van der Waals surface area contributed by atoms with Gasteiger partial charge in [-0.05, 0) is 52.9 Å². The van der Waals surface area contributed by atoms with Gasteiger partial charge >= 0.3 is 5.97 Å². The van der Waals surface area contributed by atoms with Gasteiger partial charge in [0, 0.05) is 5.54 Å². The fourth-order valence-electron chi connectivity index (χ4n) is 2.92. The Morgan fingerprint density at radius 3 is 2.07 bits per heavy atom. The molecule has 2 fully saturated rings. The first-order valence-electron chi connectivity index (χ1n) is 5.77. The van der Waals surface area contributed by atoms with Crippen LogP contribution in [0.5, 0.6) is 0 Å². The summed E-state index contributed by atoms with van der Waals surface area (Å²) < 4.78 is 5.49. The van der Waals surface area contributed by atoms with Crippen LogP contribution in [0.15, 0.2) is 0 Å². The first-order valence-corrected chi connectivity index (χ1v) is 5.77. The number of rotatable bonds is 1. The topological polar surface area (TPSA) is 52.3 Å². The molecule has 0 aromatic rings. The molecule has 0 radical (unpaired) electrons. The maximum absolute atomic E-state index is 12.1. The second kappa shape index (κ2) is 2.97. The SMILES string of the molecule is CC(C)(C)OC(=O)C12CCC(N)(CC1)C2. The third kappa shape index (κ3) is 1.89. The maximum atomic E-state index is 12.1. The van der Waals surface area contributed by atoms with Crippen molar-refractivity contribution in [1.82, 2.24) is 0 Å². The van der Waals surface area contributed by atoms with E-state index in [-0.39, 0.29) is 22.5 Å². The van der Waals surface area contributed by atoms with Crippen molar-refractivity contribution in [3.05, 3.63) is 0 Å². The van der Waals surface area contributed by atoms with Crippen molar-refractivity contribution in [2.24, 2.45) is 11.1 Å². The van der Waals surface area contributed by atoms with Crippen molar-refractivity contribution in [3.8, 4) is 0 Å². The summed E-state index contributed by atoms with van der Waals surface area (Å²) in [5, 5.41) is 0. The zero-order valence-corrected chi connectivity index (χ0v) is 9.93. The molecule has 2 aliphatic rings. The Kier molecular flexibility index (Phi) is 2.16. The number of fused-ring (bicyclic) bond motifs is 2. The van der Waals surface area contributed by atoms with E-state index in [0.29, 0.717) is 0 Å². The predicted molar refractivity (Wildman–Crippen MR) is 58.3 cm³/mol. The zero-order valence-electron chi connectivity index (χ0n) is 9.93. The number of carbonyl (C=O) groups is 1. The second-order valence-electron chi connectivity index (χ2n) is 6.32. The Bertz CT molecular complexity index is 282. The van der Waals surface area contributed by atoms with Crippen LogP contribution in [0, 0.1) is 5.41 Å². The molecule has 2 aliphatic carbocycles. The van der Waals surface area contributed by atoms with Gasteiger partial charge in [0.05, 0.1) is 5.41 Å². The van der Waals surface area contributed by atoms with Crippen LogP contribution in [0.1, 0.15) is 52.9 Å². The molecule has 2 bridgehead atoms. The molecule has 0 atom stereocenters. The summed E-state index contributed by atoms with van der Waals surface area (Å²) in [5.74, 6) is -0.0279. The van der Waals surface area contributed by atoms with E-state index in [2.05, 4.69) is 0 Å². The molecule has 0 amide bonds. The summed E-state index contributed by atoms with van der Waals surface area (Å²) in [6.45, 7) is 5.75. The number of carbonyl (C=O) groups excluding carboxylic acids is 1. The molecule has 0 aromatic carbocycles. The van der Waals surface area contributed by atoms with Crippen LogP contribution in [-0.2, 0) is 9.53 Å². The van der Waals surface area contributed by atoms with E-state index >= 15 is 0 Å². The lowest BCUT2D eigenvalue weighted by atomic mass is 9.84. The molecule has 0 saturated heterocycles. The molecule has 3 nitrogen and oxygen atoms in total. The highest BCUT2D eigenvalue weighted by atomic mass is 16.6. The average molecular weight is 211 g/mol. The van der Waals surface area contributed by atoms with Crippen LogP contribution in [-0.4, -0.2) is 17.1 Å². The minimum Gasteiger partial charge on any atom is -0.460 e. The molecule has 0 heterocycles. The minimum atomic E-state index is -0.381. The summed E-state index contributed by atoms with van der Waals surface area (Å²) in [5.41, 5.74) is 5.48. The standard InChI is InChI=1S/C12H21NO2/c1-10(2,3)15-9(14)11-4-6-12(13,8-11)7-5-11/h4-8,13H2,1-3H3. The fraction of sp³-hybridized carbons (Fsp3) is 0.917. The zero-order chi connectivity index (χ0) is 11.3. The lowest BCUT2D eigenvalue weighted by Crippen LogP contribution is -2.35. The highest BCUT2D eigenvalue weighted by Gasteiger charge is 2.57. The molecular weight excluding hydrogens is 190 g/mol. The van der Waals surface area contributed by atoms with Crippen molar-refractivity contribution in [2.45, 2.75) is 64.0 Å². The Hall–Kier alpha value is -0.570. The van der Waals surface area contributed by atoms with E-state index in [0.717, 1.165) is 32.1 Å². The Morgan fingerprint density at radius 2 is 1.73 bits per heavy atom. The summed E-state index contributed by atoms with van der Waals surface area (Å²) in [4.78, 5) is 12.1. The van der Waals surface area contributed by atoms with E-state index in [9.17, 15) is 4.79 Å². The van der Waals surface area contributed by atoms with Gasteiger partial charge in [-0.25, -0.2) is 0 Å².